The third kappa shape index (κ3) is 7.96. The fraction of sp³-hybridized carbons (Fsp3) is 0.615. The number of alkyl carbamates (subject to hydrolysis) is 1. The lowest BCUT2D eigenvalue weighted by Crippen LogP contribution is -2.32. The molecule has 0 aromatic carbocycles. The lowest BCUT2D eigenvalue weighted by atomic mass is 10.2. The van der Waals surface area contributed by atoms with E-state index in [1.54, 1.807) is 26.8 Å². The van der Waals surface area contributed by atoms with Gasteiger partial charge in [-0.05, 0) is 20.8 Å². The second-order valence-corrected chi connectivity index (χ2v) is 4.41. The minimum Gasteiger partial charge on any atom is -0.481 e. The Kier molecular flexibility index (Phi) is 7.48. The molecule has 0 aliphatic carbocycles. The van der Waals surface area contributed by atoms with E-state index in [0.717, 1.165) is 0 Å². The molecule has 0 saturated heterocycles. The van der Waals surface area contributed by atoms with Crippen LogP contribution >= 0.6 is 0 Å². The molecule has 0 unspecified atom stereocenters. The molecular formula is C13H23N3O3. The standard InChI is InChI=1S/C11H17N3O3.C2H6/c1-11(2,3)17-10(15)12-6-8-5-9(16-4)14-7-13-8;1-2/h5,7H,6H2,1-4H3,(H,12,15);1-2H3. The zero-order valence-electron chi connectivity index (χ0n) is 12.5. The van der Waals surface area contributed by atoms with Crippen LogP contribution in [-0.2, 0) is 11.3 Å². The molecule has 0 radical (unpaired) electrons. The second kappa shape index (κ2) is 8.29. The average molecular weight is 269 g/mol. The van der Waals surface area contributed by atoms with Crippen LogP contribution in [0.2, 0.25) is 0 Å². The summed E-state index contributed by atoms with van der Waals surface area (Å²) in [4.78, 5) is 19.2. The minimum atomic E-state index is -0.507. The summed E-state index contributed by atoms with van der Waals surface area (Å²) in [6.45, 7) is 9.69. The highest BCUT2D eigenvalue weighted by Gasteiger charge is 2.15. The van der Waals surface area contributed by atoms with Crippen molar-refractivity contribution in [3.05, 3.63) is 18.1 Å². The van der Waals surface area contributed by atoms with Gasteiger partial charge in [0.15, 0.2) is 0 Å². The van der Waals surface area contributed by atoms with E-state index in [2.05, 4.69) is 15.3 Å². The Bertz CT molecular complexity index is 389. The van der Waals surface area contributed by atoms with Crippen molar-refractivity contribution in [2.75, 3.05) is 7.11 Å². The van der Waals surface area contributed by atoms with Crippen LogP contribution in [0.25, 0.3) is 0 Å². The molecule has 1 heterocycles. The lowest BCUT2D eigenvalue weighted by molar-refractivity contribution is 0.0523. The number of hydrogen-bond acceptors (Lipinski definition) is 5. The summed E-state index contributed by atoms with van der Waals surface area (Å²) in [5.74, 6) is 0.459. The Morgan fingerprint density at radius 2 is 1.95 bits per heavy atom. The highest BCUT2D eigenvalue weighted by Crippen LogP contribution is 2.08. The van der Waals surface area contributed by atoms with E-state index in [4.69, 9.17) is 9.47 Å². The highest BCUT2D eigenvalue weighted by molar-refractivity contribution is 5.67. The Balaban J connectivity index is 0.00000154. The monoisotopic (exact) mass is 269 g/mol. The molecule has 0 atom stereocenters. The summed E-state index contributed by atoms with van der Waals surface area (Å²) in [5.41, 5.74) is 0.149. The van der Waals surface area contributed by atoms with Crippen molar-refractivity contribution in [1.82, 2.24) is 15.3 Å². The fourth-order valence-corrected chi connectivity index (χ4v) is 1.06. The molecule has 0 spiro atoms. The first-order valence-corrected chi connectivity index (χ1v) is 6.22. The summed E-state index contributed by atoms with van der Waals surface area (Å²) in [5, 5.41) is 2.60. The summed E-state index contributed by atoms with van der Waals surface area (Å²) >= 11 is 0. The van der Waals surface area contributed by atoms with Gasteiger partial charge in [-0.25, -0.2) is 14.8 Å². The van der Waals surface area contributed by atoms with Gasteiger partial charge in [0.05, 0.1) is 19.3 Å². The van der Waals surface area contributed by atoms with Gasteiger partial charge in [0.1, 0.15) is 11.9 Å². The maximum atomic E-state index is 11.4. The van der Waals surface area contributed by atoms with E-state index in [1.165, 1.54) is 13.4 Å². The van der Waals surface area contributed by atoms with Gasteiger partial charge in [0.2, 0.25) is 5.88 Å². The molecule has 0 fully saturated rings. The van der Waals surface area contributed by atoms with Crippen LogP contribution in [0, 0.1) is 0 Å². The molecule has 108 valence electrons. The quantitative estimate of drug-likeness (QED) is 0.912. The lowest BCUT2D eigenvalue weighted by Gasteiger charge is -2.19. The summed E-state index contributed by atoms with van der Waals surface area (Å²) in [6, 6.07) is 1.65. The average Bonchev–Trinajstić information content (AvgIpc) is 2.37. The zero-order chi connectivity index (χ0) is 14.9. The number of amides is 1. The van der Waals surface area contributed by atoms with Gasteiger partial charge in [0.25, 0.3) is 0 Å². The largest absolute Gasteiger partial charge is 0.481 e. The van der Waals surface area contributed by atoms with Crippen LogP contribution in [0.3, 0.4) is 0 Å². The first kappa shape index (κ1) is 17.2. The molecule has 1 N–H and O–H groups in total. The minimum absolute atomic E-state index is 0.272. The molecule has 19 heavy (non-hydrogen) atoms. The number of ether oxygens (including phenoxy) is 2. The Hall–Kier alpha value is -1.85. The first-order valence-electron chi connectivity index (χ1n) is 6.22. The zero-order valence-corrected chi connectivity index (χ0v) is 12.5. The van der Waals surface area contributed by atoms with Gasteiger partial charge < -0.3 is 14.8 Å². The predicted molar refractivity (Wildman–Crippen MR) is 73.0 cm³/mol. The number of nitrogens with zero attached hydrogens (tertiary/aromatic N) is 2. The maximum Gasteiger partial charge on any atom is 0.407 e. The molecule has 0 aliphatic rings. The summed E-state index contributed by atoms with van der Waals surface area (Å²) in [6.07, 6.45) is 0.903. The Morgan fingerprint density at radius 3 is 2.47 bits per heavy atom. The van der Waals surface area contributed by atoms with Gasteiger partial charge in [-0.2, -0.15) is 0 Å². The number of methoxy groups -OCH3 is 1. The number of hydrogen-bond donors (Lipinski definition) is 1. The van der Waals surface area contributed by atoms with Gasteiger partial charge in [0, 0.05) is 6.07 Å². The van der Waals surface area contributed by atoms with Crippen molar-refractivity contribution >= 4 is 6.09 Å². The third-order valence-corrected chi connectivity index (χ3v) is 1.72. The molecule has 0 bridgehead atoms. The smallest absolute Gasteiger partial charge is 0.407 e. The molecule has 1 aromatic heterocycles. The van der Waals surface area contributed by atoms with Gasteiger partial charge in [-0.1, -0.05) is 13.8 Å². The molecule has 1 rings (SSSR count). The van der Waals surface area contributed by atoms with Crippen LogP contribution in [-0.4, -0.2) is 28.8 Å². The Morgan fingerprint density at radius 1 is 1.32 bits per heavy atom. The number of nitrogens with one attached hydrogen (secondary N) is 1. The van der Waals surface area contributed by atoms with Gasteiger partial charge in [-0.3, -0.25) is 0 Å². The van der Waals surface area contributed by atoms with E-state index in [9.17, 15) is 4.79 Å². The Labute approximate surface area is 114 Å². The van der Waals surface area contributed by atoms with Crippen LogP contribution in [0.5, 0.6) is 5.88 Å². The number of rotatable bonds is 3. The number of aromatic nitrogens is 2. The van der Waals surface area contributed by atoms with Gasteiger partial charge in [-0.15, -0.1) is 0 Å². The SMILES string of the molecule is CC.COc1cc(CNC(=O)OC(C)(C)C)ncn1. The van der Waals surface area contributed by atoms with Crippen molar-refractivity contribution in [1.29, 1.82) is 0 Å². The van der Waals surface area contributed by atoms with E-state index in [0.29, 0.717) is 11.6 Å². The van der Waals surface area contributed by atoms with Crippen molar-refractivity contribution < 1.29 is 14.3 Å². The predicted octanol–water partition coefficient (Wildman–Crippen LogP) is 2.54. The molecule has 0 saturated carbocycles. The molecule has 6 heteroatoms. The van der Waals surface area contributed by atoms with Crippen LogP contribution in [0.4, 0.5) is 4.79 Å². The fourth-order valence-electron chi connectivity index (χ4n) is 1.06. The van der Waals surface area contributed by atoms with E-state index in [-0.39, 0.29) is 6.54 Å². The molecule has 1 aromatic rings. The summed E-state index contributed by atoms with van der Waals surface area (Å²) in [7, 11) is 1.52. The van der Waals surface area contributed by atoms with Crippen LogP contribution in [0.15, 0.2) is 12.4 Å². The van der Waals surface area contributed by atoms with E-state index >= 15 is 0 Å². The van der Waals surface area contributed by atoms with Crippen LogP contribution in [0.1, 0.15) is 40.3 Å². The van der Waals surface area contributed by atoms with Gasteiger partial charge >= 0.3 is 6.09 Å². The summed E-state index contributed by atoms with van der Waals surface area (Å²) < 4.78 is 10.0. The van der Waals surface area contributed by atoms with E-state index in [1.807, 2.05) is 13.8 Å². The van der Waals surface area contributed by atoms with E-state index < -0.39 is 11.7 Å². The second-order valence-electron chi connectivity index (χ2n) is 4.41. The van der Waals surface area contributed by atoms with Crippen LogP contribution < -0.4 is 10.1 Å². The topological polar surface area (TPSA) is 73.3 Å². The highest BCUT2D eigenvalue weighted by atomic mass is 16.6. The molecular weight excluding hydrogens is 246 g/mol. The molecule has 0 aliphatic heterocycles. The number of carbonyl (C=O) groups is 1. The first-order chi connectivity index (χ1) is 8.90. The van der Waals surface area contributed by atoms with Crippen molar-refractivity contribution in [2.24, 2.45) is 0 Å². The van der Waals surface area contributed by atoms with Crippen molar-refractivity contribution in [3.63, 3.8) is 0 Å². The molecule has 1 amide bonds. The normalized spacial score (nSPS) is 10.0. The molecule has 6 nitrogen and oxygen atoms in total. The third-order valence-electron chi connectivity index (χ3n) is 1.72. The van der Waals surface area contributed by atoms with Crippen molar-refractivity contribution in [3.8, 4) is 5.88 Å². The maximum absolute atomic E-state index is 11.4. The number of carbonyl (C=O) groups excluding carboxylic acids is 1. The van der Waals surface area contributed by atoms with Crippen molar-refractivity contribution in [2.45, 2.75) is 46.8 Å².